The number of nitrogens with zero attached hydrogens (tertiary/aromatic N) is 1. The molecule has 2 rings (SSSR count). The van der Waals surface area contributed by atoms with Crippen molar-refractivity contribution >= 4 is 11.8 Å². The summed E-state index contributed by atoms with van der Waals surface area (Å²) in [7, 11) is 0. The quantitative estimate of drug-likeness (QED) is 0.864. The smallest absolute Gasteiger partial charge is 0.0616 e. The largest absolute Gasteiger partial charge is 0.378 e. The van der Waals surface area contributed by atoms with Crippen LogP contribution in [0.3, 0.4) is 0 Å². The molecule has 2 heterocycles. The highest BCUT2D eigenvalue weighted by atomic mass is 32.2. The van der Waals surface area contributed by atoms with Crippen molar-refractivity contribution in [1.82, 2.24) is 4.90 Å². The van der Waals surface area contributed by atoms with Crippen LogP contribution in [0.1, 0.15) is 40.5 Å². The van der Waals surface area contributed by atoms with Gasteiger partial charge in [-0.3, -0.25) is 4.90 Å². The molecule has 0 aliphatic carbocycles. The molecule has 3 nitrogen and oxygen atoms in total. The topological polar surface area (TPSA) is 38.5 Å². The number of thioether (sulfide) groups is 1. The summed E-state index contributed by atoms with van der Waals surface area (Å²) in [5.41, 5.74) is 6.39. The summed E-state index contributed by atoms with van der Waals surface area (Å²) in [6.45, 7) is 13.2. The van der Waals surface area contributed by atoms with Gasteiger partial charge in [-0.2, -0.15) is 11.8 Å². The van der Waals surface area contributed by atoms with E-state index in [1.54, 1.807) is 0 Å². The highest BCUT2D eigenvalue weighted by molar-refractivity contribution is 8.00. The van der Waals surface area contributed by atoms with Gasteiger partial charge in [0.05, 0.1) is 6.10 Å². The van der Waals surface area contributed by atoms with Crippen LogP contribution in [0, 0.1) is 5.92 Å². The minimum absolute atomic E-state index is 0.172. The third-order valence-corrected chi connectivity index (χ3v) is 6.00. The number of nitrogens with two attached hydrogens (primary N) is 1. The predicted octanol–water partition coefficient (Wildman–Crippen LogP) is 2.35. The van der Waals surface area contributed by atoms with Crippen molar-refractivity contribution < 1.29 is 4.74 Å². The number of hydrogen-bond donors (Lipinski definition) is 1. The van der Waals surface area contributed by atoms with Crippen LogP contribution >= 0.6 is 11.8 Å². The van der Waals surface area contributed by atoms with Crippen molar-refractivity contribution in [3.05, 3.63) is 0 Å². The molecule has 2 aliphatic heterocycles. The Hall–Kier alpha value is 0.230. The van der Waals surface area contributed by atoms with Gasteiger partial charge in [-0.1, -0.05) is 13.8 Å². The van der Waals surface area contributed by atoms with Gasteiger partial charge in [-0.15, -0.1) is 0 Å². The maximum atomic E-state index is 6.22. The van der Waals surface area contributed by atoms with Gasteiger partial charge in [0.15, 0.2) is 0 Å². The minimum Gasteiger partial charge on any atom is -0.378 e. The molecule has 0 amide bonds. The third-order valence-electron chi connectivity index (χ3n) is 4.70. The summed E-state index contributed by atoms with van der Waals surface area (Å²) in [4.78, 5) is 2.67. The van der Waals surface area contributed by atoms with Crippen LogP contribution in [0.4, 0.5) is 0 Å². The lowest BCUT2D eigenvalue weighted by atomic mass is 9.81. The maximum Gasteiger partial charge on any atom is 0.0616 e. The third kappa shape index (κ3) is 3.46. The van der Waals surface area contributed by atoms with Crippen LogP contribution in [0.25, 0.3) is 0 Å². The zero-order chi connectivity index (χ0) is 14.1. The van der Waals surface area contributed by atoms with E-state index >= 15 is 0 Å². The van der Waals surface area contributed by atoms with Crippen LogP contribution in [0.5, 0.6) is 0 Å². The fourth-order valence-corrected chi connectivity index (χ4v) is 4.50. The van der Waals surface area contributed by atoms with E-state index in [0.29, 0.717) is 16.8 Å². The molecule has 19 heavy (non-hydrogen) atoms. The lowest BCUT2D eigenvalue weighted by Gasteiger charge is -2.52. The Balaban J connectivity index is 2.12. The molecule has 0 aromatic heterocycles. The minimum atomic E-state index is 0.172. The number of hydrogen-bond acceptors (Lipinski definition) is 4. The van der Waals surface area contributed by atoms with Gasteiger partial charge in [0.2, 0.25) is 0 Å². The summed E-state index contributed by atoms with van der Waals surface area (Å²) in [5.74, 6) is 1.81. The molecular formula is C15H30N2OS. The second kappa shape index (κ2) is 5.92. The second-order valence-electron chi connectivity index (χ2n) is 7.07. The van der Waals surface area contributed by atoms with Gasteiger partial charge in [0.25, 0.3) is 0 Å². The maximum absolute atomic E-state index is 6.22. The first-order valence-corrected chi connectivity index (χ1v) is 8.58. The Bertz CT molecular complexity index is 309. The molecule has 2 fully saturated rings. The average Bonchev–Trinajstić information content (AvgIpc) is 2.37. The van der Waals surface area contributed by atoms with Crippen LogP contribution < -0.4 is 5.73 Å². The molecule has 2 N–H and O–H groups in total. The van der Waals surface area contributed by atoms with E-state index in [4.69, 9.17) is 10.5 Å². The molecule has 2 saturated heterocycles. The first-order chi connectivity index (χ1) is 8.88. The molecule has 2 aliphatic rings. The van der Waals surface area contributed by atoms with Crippen molar-refractivity contribution in [1.29, 1.82) is 0 Å². The highest BCUT2D eigenvalue weighted by Crippen LogP contribution is 2.38. The Labute approximate surface area is 122 Å². The van der Waals surface area contributed by atoms with Gasteiger partial charge in [0, 0.05) is 42.3 Å². The van der Waals surface area contributed by atoms with Gasteiger partial charge in [-0.25, -0.2) is 0 Å². The highest BCUT2D eigenvalue weighted by Gasteiger charge is 2.44. The van der Waals surface area contributed by atoms with Gasteiger partial charge < -0.3 is 10.5 Å². The van der Waals surface area contributed by atoms with Crippen LogP contribution in [0.15, 0.2) is 0 Å². The van der Waals surface area contributed by atoms with E-state index in [2.05, 4.69) is 44.4 Å². The molecule has 2 atom stereocenters. The fraction of sp³-hybridized carbons (Fsp3) is 1.00. The van der Waals surface area contributed by atoms with Crippen molar-refractivity contribution in [2.24, 2.45) is 11.7 Å². The molecule has 0 aromatic carbocycles. The molecule has 0 saturated carbocycles. The van der Waals surface area contributed by atoms with Crippen molar-refractivity contribution in [2.75, 3.05) is 32.0 Å². The number of ether oxygens (including phenoxy) is 1. The normalized spacial score (nSPS) is 36.6. The predicted molar refractivity (Wildman–Crippen MR) is 83.7 cm³/mol. The van der Waals surface area contributed by atoms with Gasteiger partial charge in [0.1, 0.15) is 0 Å². The summed E-state index contributed by atoms with van der Waals surface area (Å²) in [6, 6.07) is 0. The molecule has 0 bridgehead atoms. The lowest BCUT2D eigenvalue weighted by Crippen LogP contribution is -2.63. The van der Waals surface area contributed by atoms with E-state index < -0.39 is 0 Å². The van der Waals surface area contributed by atoms with Crippen LogP contribution in [-0.2, 0) is 4.74 Å². The summed E-state index contributed by atoms with van der Waals surface area (Å²) >= 11 is 2.09. The Morgan fingerprint density at radius 2 is 2.16 bits per heavy atom. The zero-order valence-corrected chi connectivity index (χ0v) is 13.8. The Morgan fingerprint density at radius 3 is 2.74 bits per heavy atom. The van der Waals surface area contributed by atoms with E-state index in [1.165, 1.54) is 12.3 Å². The Kier molecular flexibility index (Phi) is 4.87. The molecule has 0 spiro atoms. The summed E-state index contributed by atoms with van der Waals surface area (Å²) in [6.07, 6.45) is 2.56. The van der Waals surface area contributed by atoms with E-state index in [9.17, 15) is 0 Å². The summed E-state index contributed by atoms with van der Waals surface area (Å²) < 4.78 is 6.31. The molecule has 0 aromatic rings. The Morgan fingerprint density at radius 1 is 1.42 bits per heavy atom. The van der Waals surface area contributed by atoms with Crippen molar-refractivity contribution in [3.63, 3.8) is 0 Å². The monoisotopic (exact) mass is 286 g/mol. The molecule has 2 unspecified atom stereocenters. The van der Waals surface area contributed by atoms with Crippen LogP contribution in [0.2, 0.25) is 0 Å². The standard InChI is InChI=1S/C15H30N2OS/c1-12(2)13-9-15(10-16,5-7-18-13)17-6-8-19-14(3,4)11-17/h12-13H,5-11,16H2,1-4H3. The first-order valence-electron chi connectivity index (χ1n) is 7.59. The SMILES string of the molecule is CC(C)C1CC(CN)(N2CCSC(C)(C)C2)CCO1. The number of rotatable bonds is 3. The van der Waals surface area contributed by atoms with E-state index in [-0.39, 0.29) is 5.54 Å². The molecular weight excluding hydrogens is 256 g/mol. The van der Waals surface area contributed by atoms with Crippen LogP contribution in [-0.4, -0.2) is 53.3 Å². The second-order valence-corrected chi connectivity index (χ2v) is 8.87. The average molecular weight is 286 g/mol. The van der Waals surface area contributed by atoms with Crippen molar-refractivity contribution in [2.45, 2.75) is 56.9 Å². The lowest BCUT2D eigenvalue weighted by molar-refractivity contribution is -0.0884. The summed E-state index contributed by atoms with van der Waals surface area (Å²) in [5, 5.41) is 0. The zero-order valence-electron chi connectivity index (χ0n) is 12.9. The molecule has 112 valence electrons. The van der Waals surface area contributed by atoms with Crippen molar-refractivity contribution in [3.8, 4) is 0 Å². The molecule has 4 heteroatoms. The van der Waals surface area contributed by atoms with E-state index in [0.717, 1.165) is 32.5 Å². The first kappa shape index (κ1) is 15.6. The van der Waals surface area contributed by atoms with E-state index in [1.807, 2.05) is 0 Å². The molecule has 0 radical (unpaired) electrons. The van der Waals surface area contributed by atoms with Gasteiger partial charge in [-0.05, 0) is 32.6 Å². The van der Waals surface area contributed by atoms with Gasteiger partial charge >= 0.3 is 0 Å². The fourth-order valence-electron chi connectivity index (χ4n) is 3.39.